The Morgan fingerprint density at radius 3 is 2.71 bits per heavy atom. The first-order chi connectivity index (χ1) is 13.7. The minimum atomic E-state index is 0.458. The highest BCUT2D eigenvalue weighted by Gasteiger charge is 2.13. The fourth-order valence-corrected chi connectivity index (χ4v) is 3.52. The highest BCUT2D eigenvalue weighted by Crippen LogP contribution is 2.37. The zero-order chi connectivity index (χ0) is 19.8. The minimum Gasteiger partial charge on any atom is -0.493 e. The van der Waals surface area contributed by atoms with E-state index in [0.717, 1.165) is 57.1 Å². The van der Waals surface area contributed by atoms with E-state index >= 15 is 0 Å². The smallest absolute Gasteiger partial charge is 0.180 e. The van der Waals surface area contributed by atoms with Gasteiger partial charge in [0.25, 0.3) is 0 Å². The first-order valence-corrected chi connectivity index (χ1v) is 10.1. The quantitative estimate of drug-likeness (QED) is 0.646. The zero-order valence-electron chi connectivity index (χ0n) is 16.7. The molecule has 0 radical (unpaired) electrons. The van der Waals surface area contributed by atoms with Crippen molar-refractivity contribution in [3.05, 3.63) is 58.1 Å². The van der Waals surface area contributed by atoms with E-state index in [1.165, 1.54) is 5.56 Å². The number of ether oxygens (including phenoxy) is 3. The third-order valence-corrected chi connectivity index (χ3v) is 5.24. The second-order valence-corrected chi connectivity index (χ2v) is 7.36. The SMILES string of the molecule is COc1cc(CNCCN2CCOCC2)cc(Cl)c1OCc1ccccc1C. The number of rotatable bonds is 9. The Labute approximate surface area is 172 Å². The summed E-state index contributed by atoms with van der Waals surface area (Å²) in [7, 11) is 1.64. The molecule has 6 heteroatoms. The van der Waals surface area contributed by atoms with E-state index in [4.69, 9.17) is 25.8 Å². The Balaban J connectivity index is 1.55. The van der Waals surface area contributed by atoms with Gasteiger partial charge >= 0.3 is 0 Å². The van der Waals surface area contributed by atoms with Gasteiger partial charge in [-0.25, -0.2) is 0 Å². The Morgan fingerprint density at radius 2 is 1.96 bits per heavy atom. The lowest BCUT2D eigenvalue weighted by Gasteiger charge is -2.26. The molecular formula is C22H29ClN2O3. The third-order valence-electron chi connectivity index (χ3n) is 4.96. The molecule has 1 aliphatic rings. The summed E-state index contributed by atoms with van der Waals surface area (Å²) in [5, 5.41) is 4.04. The van der Waals surface area contributed by atoms with Gasteiger partial charge in [-0.3, -0.25) is 4.90 Å². The van der Waals surface area contributed by atoms with E-state index < -0.39 is 0 Å². The average Bonchev–Trinajstić information content (AvgIpc) is 2.72. The predicted octanol–water partition coefficient (Wildman–Crippen LogP) is 3.66. The van der Waals surface area contributed by atoms with E-state index in [0.29, 0.717) is 23.1 Å². The summed E-state index contributed by atoms with van der Waals surface area (Å²) >= 11 is 6.50. The Bertz CT molecular complexity index is 763. The maximum atomic E-state index is 6.50. The lowest BCUT2D eigenvalue weighted by molar-refractivity contribution is 0.0384. The van der Waals surface area contributed by atoms with Crippen molar-refractivity contribution in [1.29, 1.82) is 0 Å². The maximum absolute atomic E-state index is 6.50. The molecule has 0 aliphatic carbocycles. The van der Waals surface area contributed by atoms with Gasteiger partial charge in [-0.05, 0) is 35.7 Å². The Morgan fingerprint density at radius 1 is 1.18 bits per heavy atom. The molecule has 0 atom stereocenters. The lowest BCUT2D eigenvalue weighted by atomic mass is 10.1. The molecule has 0 saturated carbocycles. The van der Waals surface area contributed by atoms with Crippen molar-refractivity contribution in [2.45, 2.75) is 20.1 Å². The molecule has 0 unspecified atom stereocenters. The number of hydrogen-bond acceptors (Lipinski definition) is 5. The van der Waals surface area contributed by atoms with Gasteiger partial charge in [0.1, 0.15) is 6.61 Å². The van der Waals surface area contributed by atoms with E-state index in [-0.39, 0.29) is 0 Å². The fourth-order valence-electron chi connectivity index (χ4n) is 3.23. The molecule has 0 amide bonds. The van der Waals surface area contributed by atoms with E-state index in [1.807, 2.05) is 24.3 Å². The number of hydrogen-bond donors (Lipinski definition) is 1. The van der Waals surface area contributed by atoms with Gasteiger partial charge in [0.2, 0.25) is 0 Å². The first kappa shape index (κ1) is 20.9. The zero-order valence-corrected chi connectivity index (χ0v) is 17.4. The number of methoxy groups -OCH3 is 1. The molecule has 1 fully saturated rings. The summed E-state index contributed by atoms with van der Waals surface area (Å²) in [5.74, 6) is 1.25. The van der Waals surface area contributed by atoms with Crippen LogP contribution in [0.3, 0.4) is 0 Å². The van der Waals surface area contributed by atoms with Gasteiger partial charge in [0, 0.05) is 32.7 Å². The highest BCUT2D eigenvalue weighted by atomic mass is 35.5. The second-order valence-electron chi connectivity index (χ2n) is 6.95. The summed E-state index contributed by atoms with van der Waals surface area (Å²) in [6.45, 7) is 8.88. The Hall–Kier alpha value is -1.79. The predicted molar refractivity (Wildman–Crippen MR) is 112 cm³/mol. The van der Waals surface area contributed by atoms with Crippen LogP contribution in [0.4, 0.5) is 0 Å². The lowest BCUT2D eigenvalue weighted by Crippen LogP contribution is -2.40. The molecule has 28 heavy (non-hydrogen) atoms. The number of morpholine rings is 1. The van der Waals surface area contributed by atoms with Crippen LogP contribution < -0.4 is 14.8 Å². The van der Waals surface area contributed by atoms with Crippen LogP contribution in [0, 0.1) is 6.92 Å². The number of nitrogens with one attached hydrogen (secondary N) is 1. The molecule has 0 aromatic heterocycles. The number of benzene rings is 2. The van der Waals surface area contributed by atoms with Crippen LogP contribution in [0.25, 0.3) is 0 Å². The average molecular weight is 405 g/mol. The molecule has 3 rings (SSSR count). The van der Waals surface area contributed by atoms with Crippen molar-refractivity contribution in [3.8, 4) is 11.5 Å². The molecule has 2 aromatic rings. The van der Waals surface area contributed by atoms with Crippen LogP contribution in [0.5, 0.6) is 11.5 Å². The summed E-state index contributed by atoms with van der Waals surface area (Å²) in [4.78, 5) is 2.41. The molecule has 1 heterocycles. The topological polar surface area (TPSA) is 43.0 Å². The second kappa shape index (κ2) is 10.7. The molecular weight excluding hydrogens is 376 g/mol. The van der Waals surface area contributed by atoms with Crippen molar-refractivity contribution in [3.63, 3.8) is 0 Å². The van der Waals surface area contributed by atoms with Crippen LogP contribution >= 0.6 is 11.6 Å². The largest absolute Gasteiger partial charge is 0.493 e. The van der Waals surface area contributed by atoms with Crippen molar-refractivity contribution < 1.29 is 14.2 Å². The molecule has 1 N–H and O–H groups in total. The monoisotopic (exact) mass is 404 g/mol. The van der Waals surface area contributed by atoms with Crippen LogP contribution in [-0.4, -0.2) is 51.4 Å². The van der Waals surface area contributed by atoms with Gasteiger partial charge in [0.15, 0.2) is 11.5 Å². The Kier molecular flexibility index (Phi) is 7.98. The van der Waals surface area contributed by atoms with E-state index in [1.54, 1.807) is 7.11 Å². The molecule has 5 nitrogen and oxygen atoms in total. The van der Waals surface area contributed by atoms with Crippen molar-refractivity contribution in [1.82, 2.24) is 10.2 Å². The number of aryl methyl sites for hydroxylation is 1. The third kappa shape index (κ3) is 5.85. The summed E-state index contributed by atoms with van der Waals surface area (Å²) in [6, 6.07) is 12.1. The molecule has 1 saturated heterocycles. The molecule has 0 spiro atoms. The van der Waals surface area contributed by atoms with Gasteiger partial charge in [-0.1, -0.05) is 35.9 Å². The summed E-state index contributed by atoms with van der Waals surface area (Å²) in [6.07, 6.45) is 0. The fraction of sp³-hybridized carbons (Fsp3) is 0.455. The van der Waals surface area contributed by atoms with Gasteiger partial charge in [-0.15, -0.1) is 0 Å². The van der Waals surface area contributed by atoms with Crippen LogP contribution in [-0.2, 0) is 17.9 Å². The summed E-state index contributed by atoms with van der Waals surface area (Å²) < 4.78 is 16.9. The number of halogens is 1. The van der Waals surface area contributed by atoms with Crippen LogP contribution in [0.1, 0.15) is 16.7 Å². The number of nitrogens with zero attached hydrogens (tertiary/aromatic N) is 1. The van der Waals surface area contributed by atoms with Crippen LogP contribution in [0.2, 0.25) is 5.02 Å². The molecule has 0 bridgehead atoms. The highest BCUT2D eigenvalue weighted by molar-refractivity contribution is 6.32. The maximum Gasteiger partial charge on any atom is 0.180 e. The van der Waals surface area contributed by atoms with Crippen molar-refractivity contribution in [2.75, 3.05) is 46.5 Å². The first-order valence-electron chi connectivity index (χ1n) is 9.72. The van der Waals surface area contributed by atoms with Gasteiger partial charge in [0.05, 0.1) is 25.3 Å². The van der Waals surface area contributed by atoms with Crippen molar-refractivity contribution >= 4 is 11.6 Å². The van der Waals surface area contributed by atoms with Crippen molar-refractivity contribution in [2.24, 2.45) is 0 Å². The molecule has 2 aromatic carbocycles. The van der Waals surface area contributed by atoms with Gasteiger partial charge < -0.3 is 19.5 Å². The molecule has 1 aliphatic heterocycles. The van der Waals surface area contributed by atoms with E-state index in [2.05, 4.69) is 29.3 Å². The normalized spacial score (nSPS) is 14.8. The minimum absolute atomic E-state index is 0.458. The summed E-state index contributed by atoms with van der Waals surface area (Å²) in [5.41, 5.74) is 3.40. The van der Waals surface area contributed by atoms with Crippen LogP contribution in [0.15, 0.2) is 36.4 Å². The standard InChI is InChI=1S/C22H29ClN2O3/c1-17-5-3-4-6-19(17)16-28-22-20(23)13-18(14-21(22)26-2)15-24-7-8-25-9-11-27-12-10-25/h3-6,13-14,24H,7-12,15-16H2,1-2H3. The molecule has 152 valence electrons. The van der Waals surface area contributed by atoms with Gasteiger partial charge in [-0.2, -0.15) is 0 Å². The van der Waals surface area contributed by atoms with E-state index in [9.17, 15) is 0 Å².